The van der Waals surface area contributed by atoms with Crippen LogP contribution in [-0.4, -0.2) is 79.9 Å². The number of fused-ring (bicyclic) bond motifs is 2. The highest BCUT2D eigenvalue weighted by Gasteiger charge is 2.54. The van der Waals surface area contributed by atoms with Crippen LogP contribution in [0, 0.1) is 5.41 Å². The van der Waals surface area contributed by atoms with Gasteiger partial charge in [0.05, 0.1) is 26.7 Å². The summed E-state index contributed by atoms with van der Waals surface area (Å²) in [7, 11) is -2.97. The number of hydrogen-bond acceptors (Lipinski definition) is 13. The summed E-state index contributed by atoms with van der Waals surface area (Å²) in [6, 6.07) is 11.4. The molecule has 0 radical (unpaired) electrons. The first-order valence-corrected chi connectivity index (χ1v) is 16.1. The molecule has 1 aliphatic heterocycles. The second-order valence-corrected chi connectivity index (χ2v) is 14.2. The zero-order valence-electron chi connectivity index (χ0n) is 26.4. The van der Waals surface area contributed by atoms with Gasteiger partial charge in [-0.3, -0.25) is 13.9 Å². The molecule has 0 amide bonds. The summed E-state index contributed by atoms with van der Waals surface area (Å²) in [6.45, 7) is 8.20. The quantitative estimate of drug-likeness (QED) is 0.135. The molecule has 2 unspecified atom stereocenters. The second kappa shape index (κ2) is 12.7. The van der Waals surface area contributed by atoms with Gasteiger partial charge in [0.15, 0.2) is 17.4 Å². The molecule has 0 bridgehead atoms. The average molecular weight is 659 g/mol. The number of hydrogen-bond donors (Lipinski definition) is 4. The number of aromatic nitrogens is 4. The van der Waals surface area contributed by atoms with Crippen LogP contribution in [0.25, 0.3) is 21.9 Å². The molecule has 1 aliphatic rings. The monoisotopic (exact) mass is 658 g/mol. The fourth-order valence-corrected chi connectivity index (χ4v) is 6.49. The first-order chi connectivity index (χ1) is 21.6. The number of anilines is 1. The van der Waals surface area contributed by atoms with Crippen molar-refractivity contribution >= 4 is 41.6 Å². The first-order valence-electron chi connectivity index (χ1n) is 14.6. The predicted octanol–water partition coefficient (Wildman–Crippen LogP) is 3.35. The van der Waals surface area contributed by atoms with Gasteiger partial charge in [0.1, 0.15) is 29.6 Å². The molecule has 6 atom stereocenters. The maximum absolute atomic E-state index is 14.3. The van der Waals surface area contributed by atoms with E-state index in [1.165, 1.54) is 31.9 Å². The number of rotatable bonds is 11. The Labute approximate surface area is 265 Å². The Morgan fingerprint density at radius 1 is 1.22 bits per heavy atom. The Hall–Kier alpha value is -3.85. The van der Waals surface area contributed by atoms with Gasteiger partial charge in [-0.25, -0.2) is 9.55 Å². The highest BCUT2D eigenvalue weighted by atomic mass is 31.2. The van der Waals surface area contributed by atoms with Crippen molar-refractivity contribution in [3.8, 4) is 11.6 Å². The van der Waals surface area contributed by atoms with Crippen LogP contribution in [0.3, 0.4) is 0 Å². The van der Waals surface area contributed by atoms with E-state index < -0.39 is 50.4 Å². The van der Waals surface area contributed by atoms with Crippen molar-refractivity contribution < 1.29 is 42.8 Å². The lowest BCUT2D eigenvalue weighted by atomic mass is 9.96. The molecule has 3 heterocycles. The standard InChI is InChI=1S/C30H39N6O9P/c1-17(26(38)42-15-29(2,3)4)35-46(40,45-20-13-9-11-18-10-7-8-12-19(18)20)43-14-21-23(37)30(5,39)27(44-21)36-16-32-22-24(36)33-28(31)34-25(22)41-6/h7-13,16-17,21,23,27,37,39H,14-15H2,1-6H3,(H,35,40)(H2,31,33,34)/t17-,21+,23+,27?,30+,46?/m0/s1. The summed E-state index contributed by atoms with van der Waals surface area (Å²) in [4.78, 5) is 25.3. The van der Waals surface area contributed by atoms with Crippen molar-refractivity contribution in [2.24, 2.45) is 5.41 Å². The van der Waals surface area contributed by atoms with Crippen molar-refractivity contribution in [1.29, 1.82) is 0 Å². The third-order valence-electron chi connectivity index (χ3n) is 7.34. The number of nitrogens with two attached hydrogens (primary N) is 1. The first kappa shape index (κ1) is 33.5. The molecule has 248 valence electrons. The molecule has 1 fully saturated rings. The van der Waals surface area contributed by atoms with E-state index in [0.717, 1.165) is 5.39 Å². The van der Waals surface area contributed by atoms with Crippen LogP contribution < -0.4 is 20.1 Å². The highest BCUT2D eigenvalue weighted by Crippen LogP contribution is 2.48. The van der Waals surface area contributed by atoms with Crippen LogP contribution in [0.1, 0.15) is 40.8 Å². The lowest BCUT2D eigenvalue weighted by Gasteiger charge is -2.27. The Kier molecular flexibility index (Phi) is 9.28. The maximum Gasteiger partial charge on any atom is 0.459 e. The number of benzene rings is 2. The van der Waals surface area contributed by atoms with Crippen LogP contribution in [0.4, 0.5) is 5.95 Å². The van der Waals surface area contributed by atoms with E-state index in [1.54, 1.807) is 24.3 Å². The van der Waals surface area contributed by atoms with E-state index in [1.807, 2.05) is 39.0 Å². The molecule has 2 aromatic heterocycles. The zero-order valence-corrected chi connectivity index (χ0v) is 27.3. The molecule has 2 aromatic carbocycles. The maximum atomic E-state index is 14.3. The summed E-state index contributed by atoms with van der Waals surface area (Å²) in [5, 5.41) is 26.7. The minimum atomic E-state index is -4.37. The van der Waals surface area contributed by atoms with Gasteiger partial charge < -0.3 is 34.7 Å². The zero-order chi connectivity index (χ0) is 33.4. The van der Waals surface area contributed by atoms with Gasteiger partial charge in [-0.1, -0.05) is 57.2 Å². The summed E-state index contributed by atoms with van der Waals surface area (Å²) in [5.41, 5.74) is 4.11. The smallest absolute Gasteiger partial charge is 0.459 e. The minimum absolute atomic E-state index is 0.100. The Morgan fingerprint density at radius 3 is 2.65 bits per heavy atom. The van der Waals surface area contributed by atoms with Crippen molar-refractivity contribution in [3.05, 3.63) is 48.8 Å². The van der Waals surface area contributed by atoms with Crippen LogP contribution in [-0.2, 0) is 23.4 Å². The third kappa shape index (κ3) is 6.94. The molecule has 16 heteroatoms. The number of nitrogens with one attached hydrogen (secondary N) is 1. The van der Waals surface area contributed by atoms with E-state index in [9.17, 15) is 19.6 Å². The van der Waals surface area contributed by atoms with Crippen molar-refractivity contribution in [3.63, 3.8) is 0 Å². The van der Waals surface area contributed by atoms with Gasteiger partial charge in [-0.2, -0.15) is 15.1 Å². The van der Waals surface area contributed by atoms with Crippen molar-refractivity contribution in [2.45, 2.75) is 64.7 Å². The fourth-order valence-electron chi connectivity index (χ4n) is 4.97. The van der Waals surface area contributed by atoms with Crippen LogP contribution in [0.2, 0.25) is 0 Å². The highest BCUT2D eigenvalue weighted by molar-refractivity contribution is 7.52. The third-order valence-corrected chi connectivity index (χ3v) is 8.97. The van der Waals surface area contributed by atoms with Crippen LogP contribution >= 0.6 is 7.75 Å². The van der Waals surface area contributed by atoms with Gasteiger partial charge in [-0.15, -0.1) is 0 Å². The number of nitrogen functional groups attached to an aromatic ring is 1. The topological polar surface area (TPSA) is 202 Å². The van der Waals surface area contributed by atoms with Crippen molar-refractivity contribution in [1.82, 2.24) is 24.6 Å². The lowest BCUT2D eigenvalue weighted by Crippen LogP contribution is -2.44. The molecule has 0 spiro atoms. The Bertz CT molecular complexity index is 1770. The SMILES string of the molecule is COc1nc(N)nc2c1ncn2C1O[C@H](COP(=O)(N[C@@H](C)C(=O)OCC(C)(C)C)Oc2cccc3ccccc23)[C@@H](O)[C@@]1(C)O. The number of carbonyl (C=O) groups is 1. The van der Waals surface area contributed by atoms with Gasteiger partial charge in [-0.05, 0) is 30.7 Å². The molecular formula is C30H39N6O9P. The van der Waals surface area contributed by atoms with E-state index in [2.05, 4.69) is 20.0 Å². The minimum Gasteiger partial charge on any atom is -0.479 e. The van der Waals surface area contributed by atoms with E-state index in [0.29, 0.717) is 5.39 Å². The fraction of sp³-hybridized carbons (Fsp3) is 0.467. The number of imidazole rings is 1. The molecule has 1 saturated heterocycles. The van der Waals surface area contributed by atoms with Crippen molar-refractivity contribution in [2.75, 3.05) is 26.1 Å². The number of nitrogens with zero attached hydrogens (tertiary/aromatic N) is 4. The van der Waals surface area contributed by atoms with Gasteiger partial charge in [0.25, 0.3) is 0 Å². The molecule has 0 aliphatic carbocycles. The number of aliphatic hydroxyl groups excluding tert-OH is 1. The van der Waals surface area contributed by atoms with Crippen LogP contribution in [0.15, 0.2) is 48.8 Å². The van der Waals surface area contributed by atoms with Gasteiger partial charge in [0, 0.05) is 5.39 Å². The molecule has 5 rings (SSSR count). The van der Waals surface area contributed by atoms with E-state index in [4.69, 9.17) is 29.0 Å². The molecule has 4 aromatic rings. The average Bonchev–Trinajstić information content (AvgIpc) is 3.51. The molecule has 46 heavy (non-hydrogen) atoms. The lowest BCUT2D eigenvalue weighted by molar-refractivity contribution is -0.148. The summed E-state index contributed by atoms with van der Waals surface area (Å²) < 4.78 is 44.2. The molecule has 5 N–H and O–H groups in total. The van der Waals surface area contributed by atoms with E-state index >= 15 is 0 Å². The number of ether oxygens (including phenoxy) is 3. The molecular weight excluding hydrogens is 619 g/mol. The Morgan fingerprint density at radius 2 is 1.93 bits per heavy atom. The van der Waals surface area contributed by atoms with Gasteiger partial charge in [0.2, 0.25) is 11.8 Å². The molecule has 0 saturated carbocycles. The normalized spacial score (nSPS) is 23.7. The summed E-state index contributed by atoms with van der Waals surface area (Å²) in [6.07, 6.45) is -2.63. The Balaban J connectivity index is 1.40. The summed E-state index contributed by atoms with van der Waals surface area (Å²) in [5.74, 6) is -0.411. The largest absolute Gasteiger partial charge is 0.479 e. The number of esters is 1. The van der Waals surface area contributed by atoms with Crippen LogP contribution in [0.5, 0.6) is 11.6 Å². The number of aliphatic hydroxyl groups is 2. The number of carbonyl (C=O) groups excluding carboxylic acids is 1. The predicted molar refractivity (Wildman–Crippen MR) is 168 cm³/mol. The number of methoxy groups -OCH3 is 1. The molecule has 15 nitrogen and oxygen atoms in total. The summed E-state index contributed by atoms with van der Waals surface area (Å²) >= 11 is 0. The second-order valence-electron chi connectivity index (χ2n) is 12.5. The van der Waals surface area contributed by atoms with Gasteiger partial charge >= 0.3 is 13.7 Å². The van der Waals surface area contributed by atoms with E-state index in [-0.39, 0.29) is 40.8 Å².